The number of halogens is 2. The molecule has 3 nitrogen and oxygen atoms in total. The Kier molecular flexibility index (Phi) is 3.39. The Labute approximate surface area is 140 Å². The lowest BCUT2D eigenvalue weighted by Gasteiger charge is -2.38. The number of ketones is 1. The van der Waals surface area contributed by atoms with Gasteiger partial charge in [-0.3, -0.25) is 9.59 Å². The molecular formula is C17H19Cl2NO2. The second kappa shape index (κ2) is 4.72. The molecule has 0 saturated heterocycles. The van der Waals surface area contributed by atoms with Crippen molar-refractivity contribution in [3.05, 3.63) is 28.2 Å². The molecule has 2 aliphatic carbocycles. The van der Waals surface area contributed by atoms with Gasteiger partial charge in [-0.25, -0.2) is 0 Å². The van der Waals surface area contributed by atoms with E-state index in [1.807, 2.05) is 20.8 Å². The van der Waals surface area contributed by atoms with Crippen LogP contribution in [0.3, 0.4) is 0 Å². The molecule has 3 rings (SSSR count). The van der Waals surface area contributed by atoms with E-state index in [1.165, 1.54) is 0 Å². The Morgan fingerprint density at radius 1 is 1.18 bits per heavy atom. The zero-order chi connectivity index (χ0) is 16.3. The molecule has 0 aliphatic heterocycles. The van der Waals surface area contributed by atoms with Gasteiger partial charge in [-0.05, 0) is 36.5 Å². The van der Waals surface area contributed by atoms with E-state index in [0.717, 1.165) is 12.8 Å². The smallest absolute Gasteiger partial charge is 0.231 e. The fraction of sp³-hybridized carbons (Fsp3) is 0.529. The second-order valence-electron chi connectivity index (χ2n) is 7.22. The summed E-state index contributed by atoms with van der Waals surface area (Å²) in [5, 5.41) is 3.85. The summed E-state index contributed by atoms with van der Waals surface area (Å²) in [6, 6.07) is 4.96. The van der Waals surface area contributed by atoms with E-state index in [0.29, 0.717) is 22.2 Å². The fourth-order valence-corrected chi connectivity index (χ4v) is 4.53. The van der Waals surface area contributed by atoms with E-state index < -0.39 is 10.8 Å². The van der Waals surface area contributed by atoms with Crippen molar-refractivity contribution in [3.63, 3.8) is 0 Å². The third kappa shape index (κ3) is 1.82. The van der Waals surface area contributed by atoms with Gasteiger partial charge in [0, 0.05) is 16.9 Å². The van der Waals surface area contributed by atoms with Crippen LogP contribution >= 0.6 is 23.2 Å². The molecule has 5 heteroatoms. The van der Waals surface area contributed by atoms with Crippen LogP contribution in [0.25, 0.3) is 0 Å². The summed E-state index contributed by atoms with van der Waals surface area (Å²) < 4.78 is 0. The number of carbonyl (C=O) groups is 2. The highest BCUT2D eigenvalue weighted by Crippen LogP contribution is 2.70. The number of rotatable bonds is 2. The topological polar surface area (TPSA) is 46.2 Å². The van der Waals surface area contributed by atoms with E-state index in [9.17, 15) is 9.59 Å². The minimum absolute atomic E-state index is 0.128. The van der Waals surface area contributed by atoms with Gasteiger partial charge in [0.25, 0.3) is 0 Å². The van der Waals surface area contributed by atoms with Crippen LogP contribution in [0.15, 0.2) is 18.2 Å². The van der Waals surface area contributed by atoms with Crippen LogP contribution in [-0.4, -0.2) is 11.7 Å². The Bertz CT molecular complexity index is 685. The molecule has 2 atom stereocenters. The zero-order valence-electron chi connectivity index (χ0n) is 12.9. The molecule has 0 heterocycles. The lowest BCUT2D eigenvalue weighted by atomic mass is 9.64. The van der Waals surface area contributed by atoms with E-state index in [-0.39, 0.29) is 17.1 Å². The highest BCUT2D eigenvalue weighted by Gasteiger charge is 2.72. The Morgan fingerprint density at radius 3 is 2.41 bits per heavy atom. The van der Waals surface area contributed by atoms with Crippen molar-refractivity contribution in [1.82, 2.24) is 0 Å². The number of benzene rings is 1. The average molecular weight is 340 g/mol. The van der Waals surface area contributed by atoms with E-state index in [4.69, 9.17) is 23.2 Å². The zero-order valence-corrected chi connectivity index (χ0v) is 14.4. The predicted molar refractivity (Wildman–Crippen MR) is 88.3 cm³/mol. The van der Waals surface area contributed by atoms with Crippen molar-refractivity contribution < 1.29 is 9.59 Å². The second-order valence-corrected chi connectivity index (χ2v) is 8.06. The molecule has 1 aromatic rings. The number of nitrogens with one attached hydrogen (secondary N) is 1. The van der Waals surface area contributed by atoms with E-state index in [1.54, 1.807) is 18.2 Å². The maximum atomic E-state index is 13.0. The van der Waals surface area contributed by atoms with E-state index >= 15 is 0 Å². The van der Waals surface area contributed by atoms with Gasteiger partial charge in [0.15, 0.2) is 0 Å². The molecule has 0 unspecified atom stereocenters. The molecule has 2 fully saturated rings. The molecule has 2 saturated carbocycles. The standard InChI is InChI=1S/C17H19Cl2NO2/c1-15(2)16(3)6-7-17(15,9-13(16)21)14(22)20-12-8-10(18)4-5-11(12)19/h4-5,8H,6-7,9H2,1-3H3,(H,20,22)/t16-,17-/m1/s1. The van der Waals surface area contributed by atoms with Crippen LogP contribution in [0.4, 0.5) is 5.69 Å². The summed E-state index contributed by atoms with van der Waals surface area (Å²) in [5.41, 5.74) is -0.948. The minimum Gasteiger partial charge on any atom is -0.324 e. The molecule has 2 bridgehead atoms. The highest BCUT2D eigenvalue weighted by atomic mass is 35.5. The Hall–Kier alpha value is -1.06. The van der Waals surface area contributed by atoms with Gasteiger partial charge in [0.2, 0.25) is 5.91 Å². The van der Waals surface area contributed by atoms with Gasteiger partial charge < -0.3 is 5.32 Å². The summed E-state index contributed by atoms with van der Waals surface area (Å²) in [5.74, 6) is 0.0623. The first-order chi connectivity index (χ1) is 10.1. The third-order valence-electron chi connectivity index (χ3n) is 6.32. The predicted octanol–water partition coefficient (Wildman–Crippen LogP) is 4.72. The quantitative estimate of drug-likeness (QED) is 0.847. The van der Waals surface area contributed by atoms with Crippen LogP contribution in [0.5, 0.6) is 0 Å². The van der Waals surface area contributed by atoms with Crippen molar-refractivity contribution in [2.75, 3.05) is 5.32 Å². The van der Waals surface area contributed by atoms with Gasteiger partial charge in [-0.15, -0.1) is 0 Å². The lowest BCUT2D eigenvalue weighted by Crippen LogP contribution is -2.43. The molecule has 118 valence electrons. The van der Waals surface area contributed by atoms with Crippen molar-refractivity contribution in [2.45, 2.75) is 40.0 Å². The van der Waals surface area contributed by atoms with Crippen molar-refractivity contribution in [1.29, 1.82) is 0 Å². The number of carbonyl (C=O) groups excluding carboxylic acids is 2. The maximum absolute atomic E-state index is 13.0. The Morgan fingerprint density at radius 2 is 1.86 bits per heavy atom. The van der Waals surface area contributed by atoms with Crippen LogP contribution in [0.1, 0.15) is 40.0 Å². The fourth-order valence-electron chi connectivity index (χ4n) is 4.20. The molecule has 0 spiro atoms. The first-order valence-corrected chi connectivity index (χ1v) is 8.19. The van der Waals surface area contributed by atoms with Crippen molar-refractivity contribution in [3.8, 4) is 0 Å². The number of amides is 1. The SMILES string of the molecule is CC1(C)[C@]2(C(=O)Nc3cc(Cl)ccc3Cl)CC[C@]1(C)C(=O)C2. The molecule has 22 heavy (non-hydrogen) atoms. The summed E-state index contributed by atoms with van der Waals surface area (Å²) in [6.07, 6.45) is 1.79. The highest BCUT2D eigenvalue weighted by molar-refractivity contribution is 6.35. The van der Waals surface area contributed by atoms with Gasteiger partial charge >= 0.3 is 0 Å². The lowest BCUT2D eigenvalue weighted by molar-refractivity contribution is -0.131. The molecule has 1 N–H and O–H groups in total. The van der Waals surface area contributed by atoms with Gasteiger partial charge in [0.1, 0.15) is 5.78 Å². The number of anilines is 1. The van der Waals surface area contributed by atoms with Crippen molar-refractivity contribution in [2.24, 2.45) is 16.2 Å². The molecule has 0 radical (unpaired) electrons. The van der Waals surface area contributed by atoms with Gasteiger partial charge in [-0.2, -0.15) is 0 Å². The van der Waals surface area contributed by atoms with Gasteiger partial charge in [0.05, 0.1) is 16.1 Å². The molecular weight excluding hydrogens is 321 g/mol. The molecule has 0 aromatic heterocycles. The monoisotopic (exact) mass is 339 g/mol. The van der Waals surface area contributed by atoms with Gasteiger partial charge in [-0.1, -0.05) is 44.0 Å². The average Bonchev–Trinajstić information content (AvgIpc) is 2.73. The van der Waals surface area contributed by atoms with Crippen LogP contribution in [-0.2, 0) is 9.59 Å². The Balaban J connectivity index is 1.96. The van der Waals surface area contributed by atoms with Crippen LogP contribution < -0.4 is 5.32 Å². The molecule has 2 aliphatic rings. The summed E-state index contributed by atoms with van der Waals surface area (Å²) >= 11 is 12.1. The van der Waals surface area contributed by atoms with Crippen LogP contribution in [0, 0.1) is 16.2 Å². The molecule has 1 amide bonds. The first kappa shape index (κ1) is 15.8. The first-order valence-electron chi connectivity index (χ1n) is 7.44. The summed E-state index contributed by atoms with van der Waals surface area (Å²) in [7, 11) is 0. The minimum atomic E-state index is -0.662. The number of hydrogen-bond acceptors (Lipinski definition) is 2. The number of Topliss-reactive ketones (excluding diaryl/α,β-unsaturated/α-hetero) is 1. The summed E-state index contributed by atoms with van der Waals surface area (Å²) in [4.78, 5) is 25.4. The van der Waals surface area contributed by atoms with Crippen LogP contribution in [0.2, 0.25) is 10.0 Å². The normalized spacial score (nSPS) is 32.3. The molecule has 1 aromatic carbocycles. The summed E-state index contributed by atoms with van der Waals surface area (Å²) in [6.45, 7) is 6.05. The number of fused-ring (bicyclic) bond motifs is 2. The number of hydrogen-bond donors (Lipinski definition) is 1. The largest absolute Gasteiger partial charge is 0.324 e. The maximum Gasteiger partial charge on any atom is 0.231 e. The third-order valence-corrected chi connectivity index (χ3v) is 6.88. The van der Waals surface area contributed by atoms with E-state index in [2.05, 4.69) is 5.32 Å². The van der Waals surface area contributed by atoms with Crippen molar-refractivity contribution >= 4 is 40.6 Å².